The first-order valence-corrected chi connectivity index (χ1v) is 12.3. The number of benzene rings is 2. The molecule has 0 aliphatic heterocycles. The van der Waals surface area contributed by atoms with Crippen LogP contribution < -0.4 is 14.2 Å². The van der Waals surface area contributed by atoms with Crippen LogP contribution in [0.1, 0.15) is 50.3 Å². The molecule has 1 N–H and O–H groups in total. The van der Waals surface area contributed by atoms with E-state index in [1.165, 1.54) is 0 Å². The number of sulfonamides is 1. The molecule has 0 aromatic heterocycles. The Hall–Kier alpha value is -2.89. The van der Waals surface area contributed by atoms with Crippen molar-refractivity contribution >= 4 is 15.8 Å². The molecule has 0 heterocycles. The summed E-state index contributed by atoms with van der Waals surface area (Å²) in [6, 6.07) is 15.3. The average molecular weight is 459 g/mol. The summed E-state index contributed by atoms with van der Waals surface area (Å²) in [6.45, 7) is 6.28. The Labute approximate surface area is 190 Å². The zero-order valence-corrected chi connectivity index (χ0v) is 19.8. The fourth-order valence-corrected chi connectivity index (χ4v) is 3.44. The quantitative estimate of drug-likeness (QED) is 0.488. The molecule has 0 amide bonds. The number of nitriles is 1. The topological polar surface area (TPSA) is 105 Å². The Kier molecular flexibility index (Phi) is 8.81. The highest BCUT2D eigenvalue weighted by Gasteiger charge is 2.24. The number of nitrogens with zero attached hydrogens (tertiary/aromatic N) is 1. The van der Waals surface area contributed by atoms with Crippen molar-refractivity contribution in [2.45, 2.75) is 39.0 Å². The van der Waals surface area contributed by atoms with Crippen molar-refractivity contribution in [1.29, 1.82) is 5.26 Å². The second-order valence-corrected chi connectivity index (χ2v) is 9.93. The van der Waals surface area contributed by atoms with Gasteiger partial charge in [0.1, 0.15) is 24.2 Å². The van der Waals surface area contributed by atoms with Gasteiger partial charge < -0.3 is 9.47 Å². The highest BCUT2D eigenvalue weighted by Crippen LogP contribution is 2.34. The zero-order valence-electron chi connectivity index (χ0n) is 19.0. The number of ether oxygens (including phenoxy) is 2. The van der Waals surface area contributed by atoms with Crippen LogP contribution in [0.3, 0.4) is 0 Å². The molecule has 2 rings (SSSR count). The van der Waals surface area contributed by atoms with Crippen LogP contribution in [-0.2, 0) is 20.2 Å². The number of carbonyl (C=O) groups excluding carboxylic acids is 1. The van der Waals surface area contributed by atoms with Gasteiger partial charge in [-0.25, -0.2) is 13.1 Å². The van der Waals surface area contributed by atoms with Gasteiger partial charge in [0, 0.05) is 5.41 Å². The predicted molar refractivity (Wildman–Crippen MR) is 123 cm³/mol. The van der Waals surface area contributed by atoms with Crippen molar-refractivity contribution in [3.63, 3.8) is 0 Å². The summed E-state index contributed by atoms with van der Waals surface area (Å²) in [5.74, 6) is 0.735. The van der Waals surface area contributed by atoms with Crippen molar-refractivity contribution in [2.24, 2.45) is 0 Å². The molecule has 0 saturated carbocycles. The van der Waals surface area contributed by atoms with E-state index >= 15 is 0 Å². The van der Waals surface area contributed by atoms with Crippen LogP contribution in [-0.4, -0.2) is 40.2 Å². The van der Waals surface area contributed by atoms with E-state index in [2.05, 4.69) is 31.6 Å². The van der Waals surface area contributed by atoms with Crippen molar-refractivity contribution in [3.8, 4) is 17.6 Å². The van der Waals surface area contributed by atoms with Gasteiger partial charge in [0.2, 0.25) is 10.0 Å². The molecule has 0 radical (unpaired) electrons. The van der Waals surface area contributed by atoms with Gasteiger partial charge in [0.25, 0.3) is 0 Å². The summed E-state index contributed by atoms with van der Waals surface area (Å²) in [6.07, 6.45) is 2.96. The van der Waals surface area contributed by atoms with E-state index in [-0.39, 0.29) is 24.3 Å². The molecule has 0 aliphatic carbocycles. The minimum Gasteiger partial charge on any atom is -0.492 e. The first-order chi connectivity index (χ1) is 15.1. The maximum absolute atomic E-state index is 11.8. The molecular weight excluding hydrogens is 428 g/mol. The van der Waals surface area contributed by atoms with Crippen LogP contribution in [0.25, 0.3) is 0 Å². The Morgan fingerprint density at radius 3 is 2.34 bits per heavy atom. The van der Waals surface area contributed by atoms with Crippen LogP contribution in [0.15, 0.2) is 42.5 Å². The molecular formula is C24H30N2O5S. The average Bonchev–Trinajstić information content (AvgIpc) is 2.76. The molecule has 0 atom stereocenters. The second-order valence-electron chi connectivity index (χ2n) is 8.09. The number of unbranched alkanes of at least 4 members (excludes halogenated alkanes) is 1. The molecule has 0 spiro atoms. The first-order valence-electron chi connectivity index (χ1n) is 10.4. The van der Waals surface area contributed by atoms with Crippen molar-refractivity contribution in [3.05, 3.63) is 59.2 Å². The Balaban J connectivity index is 2.07. The number of Topliss-reactive ketones (excluding diaryl/α,β-unsaturated/α-hetero) is 1. The molecule has 7 nitrogen and oxygen atoms in total. The largest absolute Gasteiger partial charge is 0.492 e. The first kappa shape index (κ1) is 25.4. The SMILES string of the molecule is CCCCOc1ccc(C(C)(C)c2ccc(OCC(=O)CNS(C)(=O)=O)cc2)cc1C#N. The van der Waals surface area contributed by atoms with Crippen LogP contribution in [0, 0.1) is 11.3 Å². The van der Waals surface area contributed by atoms with Crippen molar-refractivity contribution in [1.82, 2.24) is 4.72 Å². The Bertz CT molecular complexity index is 1070. The Morgan fingerprint density at radius 1 is 1.09 bits per heavy atom. The molecule has 0 bridgehead atoms. The summed E-state index contributed by atoms with van der Waals surface area (Å²) >= 11 is 0. The minimum atomic E-state index is -3.42. The van der Waals surface area contributed by atoms with Gasteiger partial charge in [-0.2, -0.15) is 5.26 Å². The van der Waals surface area contributed by atoms with Crippen LogP contribution >= 0.6 is 0 Å². The van der Waals surface area contributed by atoms with Crippen molar-refractivity contribution < 1.29 is 22.7 Å². The van der Waals surface area contributed by atoms with Crippen molar-refractivity contribution in [2.75, 3.05) is 26.0 Å². The van der Waals surface area contributed by atoms with E-state index in [1.807, 2.05) is 30.3 Å². The lowest BCUT2D eigenvalue weighted by atomic mass is 9.77. The predicted octanol–water partition coefficient (Wildman–Crippen LogP) is 3.56. The molecule has 0 aliphatic rings. The van der Waals surface area contributed by atoms with Crippen LogP contribution in [0.2, 0.25) is 0 Å². The fraction of sp³-hybridized carbons (Fsp3) is 0.417. The zero-order chi connectivity index (χ0) is 23.8. The van der Waals surface area contributed by atoms with Crippen LogP contribution in [0.4, 0.5) is 0 Å². The van der Waals surface area contributed by atoms with Crippen LogP contribution in [0.5, 0.6) is 11.5 Å². The molecule has 0 unspecified atom stereocenters. The number of hydrogen-bond donors (Lipinski definition) is 1. The highest BCUT2D eigenvalue weighted by molar-refractivity contribution is 7.88. The monoisotopic (exact) mass is 458 g/mol. The summed E-state index contributed by atoms with van der Waals surface area (Å²) in [7, 11) is -3.42. The third-order valence-corrected chi connectivity index (χ3v) is 5.75. The van der Waals surface area contributed by atoms with E-state index in [0.29, 0.717) is 23.7 Å². The summed E-state index contributed by atoms with van der Waals surface area (Å²) in [5, 5.41) is 9.55. The summed E-state index contributed by atoms with van der Waals surface area (Å²) in [4.78, 5) is 11.8. The number of hydrogen-bond acceptors (Lipinski definition) is 6. The standard InChI is InChI=1S/C24H30N2O5S/c1-5-6-13-30-23-12-9-20(14-18(23)15-25)24(2,3)19-7-10-22(11-8-19)31-17-21(27)16-26-32(4,28)29/h7-12,14,26H,5-6,13,16-17H2,1-4H3. The molecule has 0 fully saturated rings. The van der Waals surface area contributed by atoms with Gasteiger partial charge >= 0.3 is 0 Å². The number of carbonyl (C=O) groups is 1. The number of nitrogens with one attached hydrogen (secondary N) is 1. The normalized spacial score (nSPS) is 11.6. The summed E-state index contributed by atoms with van der Waals surface area (Å²) in [5.41, 5.74) is 2.13. The molecule has 8 heteroatoms. The minimum absolute atomic E-state index is 0.226. The molecule has 2 aromatic carbocycles. The van der Waals surface area contributed by atoms with Gasteiger partial charge in [-0.1, -0.05) is 45.4 Å². The molecule has 2 aromatic rings. The van der Waals surface area contributed by atoms with Gasteiger partial charge in [-0.3, -0.25) is 4.79 Å². The highest BCUT2D eigenvalue weighted by atomic mass is 32.2. The van der Waals surface area contributed by atoms with Gasteiger partial charge in [-0.05, 0) is 41.8 Å². The van der Waals surface area contributed by atoms with E-state index in [0.717, 1.165) is 30.2 Å². The van der Waals surface area contributed by atoms with Gasteiger partial charge in [-0.15, -0.1) is 0 Å². The van der Waals surface area contributed by atoms with E-state index < -0.39 is 10.0 Å². The maximum Gasteiger partial charge on any atom is 0.209 e. The Morgan fingerprint density at radius 2 is 1.75 bits per heavy atom. The molecule has 172 valence electrons. The van der Waals surface area contributed by atoms with Gasteiger partial charge in [0.15, 0.2) is 5.78 Å². The van der Waals surface area contributed by atoms with Gasteiger partial charge in [0.05, 0.1) is 25.0 Å². The number of rotatable bonds is 12. The van der Waals surface area contributed by atoms with E-state index in [9.17, 15) is 18.5 Å². The fourth-order valence-electron chi connectivity index (χ4n) is 3.02. The maximum atomic E-state index is 11.8. The lowest BCUT2D eigenvalue weighted by Gasteiger charge is -2.27. The van der Waals surface area contributed by atoms with E-state index in [4.69, 9.17) is 9.47 Å². The third-order valence-electron chi connectivity index (χ3n) is 5.08. The lowest BCUT2D eigenvalue weighted by molar-refractivity contribution is -0.119. The van der Waals surface area contributed by atoms with E-state index in [1.54, 1.807) is 12.1 Å². The lowest BCUT2D eigenvalue weighted by Crippen LogP contribution is -2.31. The third kappa shape index (κ3) is 7.36. The smallest absolute Gasteiger partial charge is 0.209 e. The second kappa shape index (κ2) is 11.1. The summed E-state index contributed by atoms with van der Waals surface area (Å²) < 4.78 is 35.4. The number of ketones is 1. The molecule has 32 heavy (non-hydrogen) atoms. The molecule has 0 saturated heterocycles.